The molecule has 0 saturated carbocycles. The van der Waals surface area contributed by atoms with E-state index in [1.807, 2.05) is 70.8 Å². The Bertz CT molecular complexity index is 1580. The highest BCUT2D eigenvalue weighted by Gasteiger charge is 2.20. The average molecular weight is 486 g/mol. The molecule has 178 valence electrons. The molecule has 7 nitrogen and oxygen atoms in total. The maximum Gasteiger partial charge on any atom is 0.262 e. The second kappa shape index (κ2) is 9.92. The predicted octanol–water partition coefficient (Wildman–Crippen LogP) is 5.14. The number of fused-ring (bicyclic) bond motifs is 4. The van der Waals surface area contributed by atoms with Crippen molar-refractivity contribution in [1.82, 2.24) is 19.2 Å². The van der Waals surface area contributed by atoms with E-state index in [1.54, 1.807) is 4.57 Å². The van der Waals surface area contributed by atoms with E-state index in [0.29, 0.717) is 29.4 Å². The standard InChI is InChI=1S/C27H27N5O2S/c1-3-5-17-31-25(34)21-14-8-9-15-23(21)32-26(31)28-29-27(32)35-18-24(33)30(4-2)22-16-10-12-19-11-6-7-13-20(19)22/h6-16H,3-5,17-18H2,1-2H3. The summed E-state index contributed by atoms with van der Waals surface area (Å²) in [4.78, 5) is 28.3. The zero-order chi connectivity index (χ0) is 24.4. The van der Waals surface area contributed by atoms with Crippen molar-refractivity contribution in [2.45, 2.75) is 38.4 Å². The van der Waals surface area contributed by atoms with Gasteiger partial charge in [0.05, 0.1) is 22.3 Å². The molecule has 5 rings (SSSR count). The molecule has 0 fully saturated rings. The first kappa shape index (κ1) is 23.1. The third-order valence-corrected chi connectivity index (χ3v) is 7.13. The molecule has 8 heteroatoms. The minimum Gasteiger partial charge on any atom is -0.311 e. The molecule has 0 spiro atoms. The molecular formula is C27H27N5O2S. The molecular weight excluding hydrogens is 458 g/mol. The van der Waals surface area contributed by atoms with Crippen molar-refractivity contribution in [3.8, 4) is 0 Å². The maximum atomic E-state index is 13.4. The molecule has 0 aliphatic rings. The van der Waals surface area contributed by atoms with Crippen molar-refractivity contribution in [3.63, 3.8) is 0 Å². The summed E-state index contributed by atoms with van der Waals surface area (Å²) < 4.78 is 3.59. The number of aromatic nitrogens is 4. The molecule has 0 aliphatic carbocycles. The van der Waals surface area contributed by atoms with Crippen molar-refractivity contribution in [2.24, 2.45) is 0 Å². The van der Waals surface area contributed by atoms with Gasteiger partial charge in [0.2, 0.25) is 11.7 Å². The van der Waals surface area contributed by atoms with Crippen LogP contribution in [0.25, 0.3) is 27.5 Å². The molecule has 0 bridgehead atoms. The van der Waals surface area contributed by atoms with Crippen LogP contribution in [0.5, 0.6) is 0 Å². The lowest BCUT2D eigenvalue weighted by Crippen LogP contribution is -2.32. The van der Waals surface area contributed by atoms with Crippen LogP contribution in [0.1, 0.15) is 26.7 Å². The molecule has 0 atom stereocenters. The number of anilines is 1. The Morgan fingerprint density at radius 2 is 1.69 bits per heavy atom. The minimum absolute atomic E-state index is 0.00536. The fourth-order valence-corrected chi connectivity index (χ4v) is 5.29. The number of hydrogen-bond acceptors (Lipinski definition) is 5. The minimum atomic E-state index is -0.0605. The summed E-state index contributed by atoms with van der Waals surface area (Å²) in [5.74, 6) is 0.716. The Hall–Kier alpha value is -3.65. The van der Waals surface area contributed by atoms with Crippen LogP contribution in [0.3, 0.4) is 0 Å². The average Bonchev–Trinajstić information content (AvgIpc) is 3.32. The van der Waals surface area contributed by atoms with E-state index >= 15 is 0 Å². The number of aryl methyl sites for hydroxylation is 1. The molecule has 0 unspecified atom stereocenters. The van der Waals surface area contributed by atoms with Crippen LogP contribution in [0.4, 0.5) is 5.69 Å². The maximum absolute atomic E-state index is 13.4. The fraction of sp³-hybridized carbons (Fsp3) is 0.259. The van der Waals surface area contributed by atoms with Gasteiger partial charge in [-0.2, -0.15) is 0 Å². The molecule has 0 N–H and O–H groups in total. The van der Waals surface area contributed by atoms with Crippen LogP contribution >= 0.6 is 11.8 Å². The zero-order valence-corrected chi connectivity index (χ0v) is 20.7. The predicted molar refractivity (Wildman–Crippen MR) is 142 cm³/mol. The van der Waals surface area contributed by atoms with Crippen LogP contribution in [0.2, 0.25) is 0 Å². The summed E-state index contributed by atoms with van der Waals surface area (Å²) in [7, 11) is 0. The third kappa shape index (κ3) is 4.18. The third-order valence-electron chi connectivity index (χ3n) is 6.21. The highest BCUT2D eigenvalue weighted by atomic mass is 32.2. The van der Waals surface area contributed by atoms with E-state index in [2.05, 4.69) is 29.3 Å². The lowest BCUT2D eigenvalue weighted by atomic mass is 10.1. The molecule has 35 heavy (non-hydrogen) atoms. The first-order valence-electron chi connectivity index (χ1n) is 11.9. The smallest absolute Gasteiger partial charge is 0.262 e. The lowest BCUT2D eigenvalue weighted by Gasteiger charge is -2.22. The van der Waals surface area contributed by atoms with Gasteiger partial charge in [-0.15, -0.1) is 10.2 Å². The largest absolute Gasteiger partial charge is 0.311 e. The number of thioether (sulfide) groups is 1. The Kier molecular flexibility index (Phi) is 6.55. The number of unbranched alkanes of at least 4 members (excludes halogenated alkanes) is 1. The Morgan fingerprint density at radius 1 is 0.943 bits per heavy atom. The highest BCUT2D eigenvalue weighted by molar-refractivity contribution is 7.99. The van der Waals surface area contributed by atoms with Gasteiger partial charge >= 0.3 is 0 Å². The van der Waals surface area contributed by atoms with Gasteiger partial charge in [-0.05, 0) is 36.9 Å². The molecule has 5 aromatic rings. The fourth-order valence-electron chi connectivity index (χ4n) is 4.47. The van der Waals surface area contributed by atoms with Crippen LogP contribution in [0, 0.1) is 0 Å². The second-order valence-corrected chi connectivity index (χ2v) is 9.31. The molecule has 1 amide bonds. The number of hydrogen-bond donors (Lipinski definition) is 0. The van der Waals surface area contributed by atoms with E-state index in [4.69, 9.17) is 0 Å². The van der Waals surface area contributed by atoms with Crippen LogP contribution < -0.4 is 10.5 Å². The number of benzene rings is 3. The first-order valence-corrected chi connectivity index (χ1v) is 12.9. The molecule has 2 aromatic heterocycles. The Morgan fingerprint density at radius 3 is 2.49 bits per heavy atom. The van der Waals surface area contributed by atoms with Crippen LogP contribution in [-0.2, 0) is 11.3 Å². The monoisotopic (exact) mass is 485 g/mol. The van der Waals surface area contributed by atoms with Gasteiger partial charge in [0.1, 0.15) is 0 Å². The molecule has 0 radical (unpaired) electrons. The van der Waals surface area contributed by atoms with E-state index < -0.39 is 0 Å². The van der Waals surface area contributed by atoms with Gasteiger partial charge in [-0.3, -0.25) is 18.6 Å². The number of para-hydroxylation sites is 1. The lowest BCUT2D eigenvalue weighted by molar-refractivity contribution is -0.116. The summed E-state index contributed by atoms with van der Waals surface area (Å²) in [5.41, 5.74) is 1.59. The zero-order valence-electron chi connectivity index (χ0n) is 19.8. The van der Waals surface area contributed by atoms with Crippen molar-refractivity contribution in [1.29, 1.82) is 0 Å². The first-order chi connectivity index (χ1) is 17.1. The van der Waals surface area contributed by atoms with Gasteiger partial charge in [0.25, 0.3) is 5.56 Å². The number of rotatable bonds is 8. The van der Waals surface area contributed by atoms with Crippen molar-refractivity contribution < 1.29 is 4.79 Å². The normalized spacial score (nSPS) is 11.5. The summed E-state index contributed by atoms with van der Waals surface area (Å²) in [6, 6.07) is 21.6. The number of carbonyl (C=O) groups is 1. The van der Waals surface area contributed by atoms with Gasteiger partial charge < -0.3 is 4.90 Å². The SMILES string of the molecule is CCCCn1c(=O)c2ccccc2n2c(SCC(=O)N(CC)c3cccc4ccccc34)nnc12. The number of nitrogens with zero attached hydrogens (tertiary/aromatic N) is 5. The highest BCUT2D eigenvalue weighted by Crippen LogP contribution is 2.28. The van der Waals surface area contributed by atoms with Gasteiger partial charge in [0, 0.05) is 18.5 Å². The summed E-state index contributed by atoms with van der Waals surface area (Å²) in [6.07, 6.45) is 1.84. The number of amides is 1. The van der Waals surface area contributed by atoms with Gasteiger partial charge in [0.15, 0.2) is 5.16 Å². The van der Waals surface area contributed by atoms with Crippen molar-refractivity contribution in [3.05, 3.63) is 77.1 Å². The van der Waals surface area contributed by atoms with Crippen molar-refractivity contribution >= 4 is 50.8 Å². The summed E-state index contributed by atoms with van der Waals surface area (Å²) >= 11 is 1.34. The topological polar surface area (TPSA) is 72.5 Å². The second-order valence-electron chi connectivity index (χ2n) is 8.37. The van der Waals surface area contributed by atoms with Gasteiger partial charge in [-0.1, -0.05) is 73.6 Å². The van der Waals surface area contributed by atoms with E-state index in [-0.39, 0.29) is 17.2 Å². The van der Waals surface area contributed by atoms with Crippen LogP contribution in [0.15, 0.2) is 76.7 Å². The molecule has 2 heterocycles. The van der Waals surface area contributed by atoms with E-state index in [0.717, 1.165) is 34.8 Å². The quantitative estimate of drug-likeness (QED) is 0.285. The van der Waals surface area contributed by atoms with E-state index in [9.17, 15) is 9.59 Å². The van der Waals surface area contributed by atoms with Crippen molar-refractivity contribution in [2.75, 3.05) is 17.2 Å². The Balaban J connectivity index is 1.49. The van der Waals surface area contributed by atoms with E-state index in [1.165, 1.54) is 11.8 Å². The summed E-state index contributed by atoms with van der Waals surface area (Å²) in [6.45, 7) is 5.22. The van der Waals surface area contributed by atoms with Gasteiger partial charge in [-0.25, -0.2) is 0 Å². The number of carbonyl (C=O) groups excluding carboxylic acids is 1. The molecule has 3 aromatic carbocycles. The molecule has 0 aliphatic heterocycles. The summed E-state index contributed by atoms with van der Waals surface area (Å²) in [5, 5.41) is 12.1. The molecule has 0 saturated heterocycles. The van der Waals surface area contributed by atoms with Crippen LogP contribution in [-0.4, -0.2) is 37.4 Å². The Labute approximate surface area is 207 Å².